The SMILES string of the molecule is C[C@@H]1NC(=O)[C@H](CC(=O)O)NC(=O)CNC(=O)C2(CC2CCCN=C(N)N)NC(=O)CCSSC[C@@H](C(N)=O)NC(=O)[C@H](C)N(CCc2c[nH]c3ccccc23)C1=O. The Balaban J connectivity index is 1.57. The number of rotatable bonds is 10. The number of fused-ring (bicyclic) bond motifs is 1. The van der Waals surface area contributed by atoms with E-state index in [1.807, 2.05) is 24.3 Å². The molecule has 1 aromatic heterocycles. The van der Waals surface area contributed by atoms with Crippen molar-refractivity contribution in [3.05, 3.63) is 36.0 Å². The van der Waals surface area contributed by atoms with Gasteiger partial charge in [0.25, 0.3) is 0 Å². The number of aromatic amines is 1. The lowest BCUT2D eigenvalue weighted by Crippen LogP contribution is -2.59. The molecule has 7 amide bonds. The van der Waals surface area contributed by atoms with Crippen molar-refractivity contribution in [3.63, 3.8) is 0 Å². The van der Waals surface area contributed by atoms with Crippen molar-refractivity contribution in [3.8, 4) is 0 Å². The van der Waals surface area contributed by atoms with Gasteiger partial charge in [0.2, 0.25) is 41.4 Å². The summed E-state index contributed by atoms with van der Waals surface area (Å²) in [6.45, 7) is 2.45. The number of aromatic nitrogens is 1. The van der Waals surface area contributed by atoms with Crippen LogP contribution in [-0.4, -0.2) is 129 Å². The number of aliphatic imine (C=N–C) groups is 1. The Morgan fingerprint density at radius 3 is 2.43 bits per heavy atom. The van der Waals surface area contributed by atoms with E-state index in [2.05, 4.69) is 36.6 Å². The molecule has 13 N–H and O–H groups in total. The van der Waals surface area contributed by atoms with Gasteiger partial charge in [-0.25, -0.2) is 0 Å². The summed E-state index contributed by atoms with van der Waals surface area (Å²) in [6, 6.07) is 2.21. The summed E-state index contributed by atoms with van der Waals surface area (Å²) in [6.07, 6.45) is 2.44. The maximum absolute atomic E-state index is 14.0. The van der Waals surface area contributed by atoms with E-state index in [0.29, 0.717) is 19.4 Å². The van der Waals surface area contributed by atoms with Crippen molar-refractivity contribution in [1.82, 2.24) is 36.5 Å². The Morgan fingerprint density at radius 1 is 0.983 bits per heavy atom. The number of H-pyrrole nitrogens is 1. The zero-order valence-corrected chi connectivity index (χ0v) is 33.8. The molecule has 20 nitrogen and oxygen atoms in total. The van der Waals surface area contributed by atoms with Crippen molar-refractivity contribution in [1.29, 1.82) is 0 Å². The molecule has 6 atom stereocenters. The molecule has 1 aromatic carbocycles. The van der Waals surface area contributed by atoms with Gasteiger partial charge >= 0.3 is 5.97 Å². The van der Waals surface area contributed by atoms with E-state index in [4.69, 9.17) is 17.2 Å². The lowest BCUT2D eigenvalue weighted by Gasteiger charge is -2.32. The summed E-state index contributed by atoms with van der Waals surface area (Å²) in [4.78, 5) is 113. The van der Waals surface area contributed by atoms with Crippen LogP contribution in [0.3, 0.4) is 0 Å². The molecule has 0 radical (unpaired) electrons. The van der Waals surface area contributed by atoms with Crippen molar-refractivity contribution < 1.29 is 43.5 Å². The predicted octanol–water partition coefficient (Wildman–Crippen LogP) is -1.81. The molecule has 2 fully saturated rings. The van der Waals surface area contributed by atoms with Crippen molar-refractivity contribution in [2.45, 2.75) is 82.1 Å². The van der Waals surface area contributed by atoms with Crippen LogP contribution in [0.15, 0.2) is 35.5 Å². The van der Waals surface area contributed by atoms with E-state index < -0.39 is 90.0 Å². The Bertz CT molecular complexity index is 1910. The number of carbonyl (C=O) groups is 8. The van der Waals surface area contributed by atoms with Gasteiger partial charge in [-0.2, -0.15) is 0 Å². The maximum atomic E-state index is 14.0. The predicted molar refractivity (Wildman–Crippen MR) is 218 cm³/mol. The minimum absolute atomic E-state index is 0.00299. The molecule has 316 valence electrons. The van der Waals surface area contributed by atoms with E-state index in [9.17, 15) is 43.5 Å². The standard InChI is InChI=1S/C36H51N11O9S2/c1-19-33(55)47(12-9-21-16-41-24-8-4-3-7-23(21)24)20(2)31(53)45-26(30(37)52)18-58-57-13-10-27(48)46-36(15-22(36)6-5-11-40-35(38)39)34(56)42-17-28(49)44-25(14-29(50)51)32(54)43-19/h3-4,7-8,16,19-20,22,25-26,41H,5-6,9-15,17-18H2,1-2H3,(H2,37,52)(H,42,56)(H,43,54)(H,44,49)(H,45,53)(H,46,48)(H,50,51)(H4,38,39,40)/t19-,20-,22?,25-,26-,36?/m0/s1. The minimum Gasteiger partial charge on any atom is -0.481 e. The normalized spacial score (nSPS) is 25.8. The van der Waals surface area contributed by atoms with Crippen LogP contribution in [0.25, 0.3) is 10.9 Å². The van der Waals surface area contributed by atoms with Crippen LogP contribution in [0.1, 0.15) is 51.5 Å². The zero-order valence-electron chi connectivity index (χ0n) is 32.2. The fourth-order valence-corrected chi connectivity index (χ4v) is 8.77. The Hall–Kier alpha value is -5.51. The highest BCUT2D eigenvalue weighted by Crippen LogP contribution is 2.47. The van der Waals surface area contributed by atoms with Crippen LogP contribution >= 0.6 is 21.6 Å². The largest absolute Gasteiger partial charge is 0.481 e. The number of primary amides is 1. The van der Waals surface area contributed by atoms with E-state index in [-0.39, 0.29) is 49.2 Å². The van der Waals surface area contributed by atoms with Crippen LogP contribution in [0, 0.1) is 5.92 Å². The van der Waals surface area contributed by atoms with Gasteiger partial charge in [0, 0.05) is 48.1 Å². The molecule has 0 bridgehead atoms. The maximum Gasteiger partial charge on any atom is 0.305 e. The Kier molecular flexibility index (Phi) is 16.2. The number of para-hydroxylation sites is 1. The zero-order chi connectivity index (χ0) is 42.6. The molecule has 1 saturated carbocycles. The molecule has 1 aliphatic heterocycles. The number of carbonyl (C=O) groups excluding carboxylic acids is 7. The number of aliphatic carboxylic acids is 1. The van der Waals surface area contributed by atoms with Gasteiger partial charge < -0.3 is 58.8 Å². The highest BCUT2D eigenvalue weighted by molar-refractivity contribution is 8.76. The summed E-state index contributed by atoms with van der Waals surface area (Å²) in [5.74, 6) is -6.77. The smallest absolute Gasteiger partial charge is 0.305 e. The molecular formula is C36H51N11O9S2. The van der Waals surface area contributed by atoms with Crippen LogP contribution in [0.4, 0.5) is 0 Å². The van der Waals surface area contributed by atoms with Crippen molar-refractivity contribution in [2.24, 2.45) is 28.1 Å². The highest BCUT2D eigenvalue weighted by atomic mass is 33.1. The molecule has 4 rings (SSSR count). The van der Waals surface area contributed by atoms with Crippen molar-refractivity contribution in [2.75, 3.05) is 31.1 Å². The second kappa shape index (κ2) is 20.8. The lowest BCUT2D eigenvalue weighted by molar-refractivity contribution is -0.144. The summed E-state index contributed by atoms with van der Waals surface area (Å²) in [5, 5.41) is 23.1. The molecule has 2 heterocycles. The Morgan fingerprint density at radius 2 is 1.72 bits per heavy atom. The quantitative estimate of drug-likeness (QED) is 0.0547. The van der Waals surface area contributed by atoms with Crippen LogP contribution in [0.2, 0.25) is 0 Å². The van der Waals surface area contributed by atoms with Gasteiger partial charge in [-0.15, -0.1) is 0 Å². The van der Waals surface area contributed by atoms with Crippen LogP contribution in [-0.2, 0) is 44.8 Å². The Labute approximate surface area is 342 Å². The molecule has 22 heteroatoms. The molecular weight excluding hydrogens is 795 g/mol. The number of amides is 7. The number of nitrogens with two attached hydrogens (primary N) is 3. The molecule has 1 saturated heterocycles. The average molecular weight is 846 g/mol. The first-order chi connectivity index (χ1) is 27.5. The average Bonchev–Trinajstić information content (AvgIpc) is 3.71. The summed E-state index contributed by atoms with van der Waals surface area (Å²) in [5.41, 5.74) is 16.8. The molecule has 2 unspecified atom stereocenters. The van der Waals surface area contributed by atoms with E-state index in [1.54, 1.807) is 6.20 Å². The van der Waals surface area contributed by atoms with Gasteiger partial charge in [0.05, 0.1) is 13.0 Å². The molecule has 2 aliphatic rings. The van der Waals surface area contributed by atoms with E-state index in [1.165, 1.54) is 40.3 Å². The first-order valence-corrected chi connectivity index (χ1v) is 21.2. The number of guanidine groups is 1. The number of benzene rings is 1. The lowest BCUT2D eigenvalue weighted by atomic mass is 10.1. The fourth-order valence-electron chi connectivity index (χ4n) is 6.61. The van der Waals surface area contributed by atoms with Gasteiger partial charge in [0.1, 0.15) is 29.7 Å². The summed E-state index contributed by atoms with van der Waals surface area (Å²) >= 11 is 0. The molecule has 58 heavy (non-hydrogen) atoms. The topological polar surface area (TPSA) is 326 Å². The van der Waals surface area contributed by atoms with Crippen LogP contribution in [0.5, 0.6) is 0 Å². The first kappa shape index (κ1) is 45.2. The third-order valence-electron chi connectivity index (χ3n) is 9.86. The number of hydrogen-bond donors (Lipinski definition) is 10. The number of carboxylic acids is 1. The van der Waals surface area contributed by atoms with E-state index >= 15 is 0 Å². The second-order valence-electron chi connectivity index (χ2n) is 14.1. The number of hydrogen-bond acceptors (Lipinski definition) is 11. The first-order valence-electron chi connectivity index (χ1n) is 18.7. The monoisotopic (exact) mass is 845 g/mol. The summed E-state index contributed by atoms with van der Waals surface area (Å²) < 4.78 is 0. The van der Waals surface area contributed by atoms with Crippen molar-refractivity contribution >= 4 is 85.8 Å². The third-order valence-corrected chi connectivity index (χ3v) is 12.3. The fraction of sp³-hybridized carbons (Fsp3) is 0.528. The second-order valence-corrected chi connectivity index (χ2v) is 16.8. The number of nitrogens with zero attached hydrogens (tertiary/aromatic N) is 2. The van der Waals surface area contributed by atoms with Gasteiger partial charge in [0.15, 0.2) is 5.96 Å². The van der Waals surface area contributed by atoms with Gasteiger partial charge in [-0.05, 0) is 57.1 Å². The molecule has 1 aliphatic carbocycles. The van der Waals surface area contributed by atoms with E-state index in [0.717, 1.165) is 16.5 Å². The van der Waals surface area contributed by atoms with Gasteiger partial charge in [-0.3, -0.25) is 43.3 Å². The van der Waals surface area contributed by atoms with Crippen LogP contribution < -0.4 is 43.8 Å². The minimum atomic E-state index is -1.66. The van der Waals surface area contributed by atoms with Gasteiger partial charge in [-0.1, -0.05) is 39.8 Å². The number of nitrogens with one attached hydrogen (secondary N) is 6. The third kappa shape index (κ3) is 12.5. The summed E-state index contributed by atoms with van der Waals surface area (Å²) in [7, 11) is 2.44. The highest BCUT2D eigenvalue weighted by Gasteiger charge is 2.60. The number of carboxylic acid groups (broad SMARTS) is 1. The molecule has 1 spiro atoms. The molecule has 2 aromatic rings.